The third-order valence-corrected chi connectivity index (χ3v) is 4.09. The fourth-order valence-electron chi connectivity index (χ4n) is 2.70. The molecule has 0 bridgehead atoms. The molecule has 0 saturated carbocycles. The molecule has 2 unspecified atom stereocenters. The van der Waals surface area contributed by atoms with Crippen LogP contribution >= 0.6 is 0 Å². The van der Waals surface area contributed by atoms with Crippen LogP contribution in [0.15, 0.2) is 24.3 Å². The molecule has 0 radical (unpaired) electrons. The first-order valence-corrected chi connectivity index (χ1v) is 7.21. The average Bonchev–Trinajstić information content (AvgIpc) is 2.39. The van der Waals surface area contributed by atoms with Gasteiger partial charge in [-0.05, 0) is 38.3 Å². The summed E-state index contributed by atoms with van der Waals surface area (Å²) in [5, 5.41) is 3.70. The van der Waals surface area contributed by atoms with Gasteiger partial charge in [0.25, 0.3) is 0 Å². The molecule has 0 aliphatic carbocycles. The lowest BCUT2D eigenvalue weighted by Crippen LogP contribution is -2.42. The minimum Gasteiger partial charge on any atom is -0.380 e. The number of hydrogen-bond acceptors (Lipinski definition) is 3. The van der Waals surface area contributed by atoms with Crippen LogP contribution in [0.2, 0.25) is 0 Å². The standard InChI is InChI=1S/C16H26N2O/c1-5-16(2)12-13(10-11-19-16)17-14-8-6-7-9-15(14)18(3)4/h6-9,13,17H,5,10-12H2,1-4H3. The van der Waals surface area contributed by atoms with Crippen molar-refractivity contribution in [1.82, 2.24) is 0 Å². The summed E-state index contributed by atoms with van der Waals surface area (Å²) in [6, 6.07) is 8.99. The average molecular weight is 262 g/mol. The van der Waals surface area contributed by atoms with Gasteiger partial charge < -0.3 is 15.0 Å². The van der Waals surface area contributed by atoms with Gasteiger partial charge in [-0.1, -0.05) is 19.1 Å². The highest BCUT2D eigenvalue weighted by atomic mass is 16.5. The predicted molar refractivity (Wildman–Crippen MR) is 82.1 cm³/mol. The Labute approximate surface area is 116 Å². The number of nitrogens with zero attached hydrogens (tertiary/aromatic N) is 1. The third-order valence-electron chi connectivity index (χ3n) is 4.09. The summed E-state index contributed by atoms with van der Waals surface area (Å²) >= 11 is 0. The molecular formula is C16H26N2O. The van der Waals surface area contributed by atoms with E-state index >= 15 is 0 Å². The van der Waals surface area contributed by atoms with E-state index in [0.29, 0.717) is 6.04 Å². The lowest BCUT2D eigenvalue weighted by Gasteiger charge is -2.38. The minimum absolute atomic E-state index is 0.0307. The Hall–Kier alpha value is -1.22. The van der Waals surface area contributed by atoms with Gasteiger partial charge in [0.1, 0.15) is 0 Å². The molecule has 1 aromatic rings. The fraction of sp³-hybridized carbons (Fsp3) is 0.625. The van der Waals surface area contributed by atoms with E-state index in [4.69, 9.17) is 4.74 Å². The smallest absolute Gasteiger partial charge is 0.0671 e. The van der Waals surface area contributed by atoms with Crippen LogP contribution < -0.4 is 10.2 Å². The van der Waals surface area contributed by atoms with Crippen LogP contribution in [-0.4, -0.2) is 32.3 Å². The van der Waals surface area contributed by atoms with Gasteiger partial charge in [-0.15, -0.1) is 0 Å². The molecule has 1 fully saturated rings. The molecule has 1 aliphatic rings. The molecule has 1 aliphatic heterocycles. The van der Waals surface area contributed by atoms with Crippen LogP contribution in [0.1, 0.15) is 33.1 Å². The Morgan fingerprint density at radius 1 is 1.37 bits per heavy atom. The molecule has 1 N–H and O–H groups in total. The number of nitrogens with one attached hydrogen (secondary N) is 1. The zero-order chi connectivity index (χ0) is 13.9. The Morgan fingerprint density at radius 3 is 2.79 bits per heavy atom. The number of hydrogen-bond donors (Lipinski definition) is 1. The van der Waals surface area contributed by atoms with E-state index in [-0.39, 0.29) is 5.60 Å². The van der Waals surface area contributed by atoms with E-state index in [1.807, 2.05) is 0 Å². The molecule has 3 nitrogen and oxygen atoms in total. The van der Waals surface area contributed by atoms with Crippen molar-refractivity contribution < 1.29 is 4.74 Å². The van der Waals surface area contributed by atoms with Crippen molar-refractivity contribution in [3.05, 3.63) is 24.3 Å². The van der Waals surface area contributed by atoms with Crippen LogP contribution in [0, 0.1) is 0 Å². The van der Waals surface area contributed by atoms with Crippen LogP contribution in [0.5, 0.6) is 0 Å². The summed E-state index contributed by atoms with van der Waals surface area (Å²) < 4.78 is 5.91. The number of para-hydroxylation sites is 2. The van der Waals surface area contributed by atoms with Crippen molar-refractivity contribution in [2.24, 2.45) is 0 Å². The number of anilines is 2. The zero-order valence-corrected chi connectivity index (χ0v) is 12.6. The van der Waals surface area contributed by atoms with Crippen molar-refractivity contribution in [3.8, 4) is 0 Å². The molecule has 0 spiro atoms. The molecule has 106 valence electrons. The first-order valence-electron chi connectivity index (χ1n) is 7.21. The molecule has 0 aromatic heterocycles. The largest absolute Gasteiger partial charge is 0.380 e. The van der Waals surface area contributed by atoms with E-state index in [1.165, 1.54) is 11.4 Å². The van der Waals surface area contributed by atoms with Gasteiger partial charge in [0.15, 0.2) is 0 Å². The highest BCUT2D eigenvalue weighted by Crippen LogP contribution is 2.31. The second-order valence-corrected chi connectivity index (χ2v) is 5.90. The second kappa shape index (κ2) is 5.83. The Bertz CT molecular complexity index is 419. The predicted octanol–water partition coefficient (Wildman–Crippen LogP) is 3.51. The van der Waals surface area contributed by atoms with Gasteiger partial charge in [0.2, 0.25) is 0 Å². The molecule has 1 heterocycles. The van der Waals surface area contributed by atoms with Crippen LogP contribution in [-0.2, 0) is 4.74 Å². The Kier molecular flexibility index (Phi) is 4.35. The van der Waals surface area contributed by atoms with Crippen molar-refractivity contribution in [3.63, 3.8) is 0 Å². The number of rotatable bonds is 4. The van der Waals surface area contributed by atoms with Crippen LogP contribution in [0.3, 0.4) is 0 Å². The maximum Gasteiger partial charge on any atom is 0.0671 e. The third kappa shape index (κ3) is 3.41. The van der Waals surface area contributed by atoms with Gasteiger partial charge in [0, 0.05) is 26.7 Å². The summed E-state index contributed by atoms with van der Waals surface area (Å²) in [6.45, 7) is 5.28. The quantitative estimate of drug-likeness (QED) is 0.898. The summed E-state index contributed by atoms with van der Waals surface area (Å²) in [7, 11) is 4.17. The normalized spacial score (nSPS) is 27.1. The van der Waals surface area contributed by atoms with Crippen molar-refractivity contribution in [2.45, 2.75) is 44.8 Å². The van der Waals surface area contributed by atoms with E-state index in [9.17, 15) is 0 Å². The van der Waals surface area contributed by atoms with Crippen LogP contribution in [0.4, 0.5) is 11.4 Å². The maximum atomic E-state index is 5.91. The van der Waals surface area contributed by atoms with E-state index in [2.05, 4.69) is 62.4 Å². The maximum absolute atomic E-state index is 5.91. The Balaban J connectivity index is 2.09. The monoisotopic (exact) mass is 262 g/mol. The molecule has 3 heteroatoms. The first-order chi connectivity index (χ1) is 9.04. The SMILES string of the molecule is CCC1(C)CC(Nc2ccccc2N(C)C)CCO1. The molecule has 2 atom stereocenters. The van der Waals surface area contributed by atoms with Crippen molar-refractivity contribution in [1.29, 1.82) is 0 Å². The van der Waals surface area contributed by atoms with Gasteiger partial charge in [-0.2, -0.15) is 0 Å². The molecule has 0 amide bonds. The molecule has 2 rings (SSSR count). The highest BCUT2D eigenvalue weighted by Gasteiger charge is 2.31. The summed E-state index contributed by atoms with van der Waals surface area (Å²) in [5.41, 5.74) is 2.49. The molecule has 1 saturated heterocycles. The van der Waals surface area contributed by atoms with E-state index in [0.717, 1.165) is 25.9 Å². The van der Waals surface area contributed by atoms with Gasteiger partial charge in [-0.25, -0.2) is 0 Å². The molecular weight excluding hydrogens is 236 g/mol. The first kappa shape index (κ1) is 14.2. The molecule has 19 heavy (non-hydrogen) atoms. The fourth-order valence-corrected chi connectivity index (χ4v) is 2.70. The lowest BCUT2D eigenvalue weighted by molar-refractivity contribution is -0.0708. The number of ether oxygens (including phenoxy) is 1. The van der Waals surface area contributed by atoms with E-state index < -0.39 is 0 Å². The number of benzene rings is 1. The van der Waals surface area contributed by atoms with Crippen molar-refractivity contribution in [2.75, 3.05) is 30.9 Å². The van der Waals surface area contributed by atoms with E-state index in [1.54, 1.807) is 0 Å². The van der Waals surface area contributed by atoms with Gasteiger partial charge in [0.05, 0.1) is 17.0 Å². The summed E-state index contributed by atoms with van der Waals surface area (Å²) in [5.74, 6) is 0. The lowest BCUT2D eigenvalue weighted by atomic mass is 9.90. The van der Waals surface area contributed by atoms with Gasteiger partial charge >= 0.3 is 0 Å². The zero-order valence-electron chi connectivity index (χ0n) is 12.6. The minimum atomic E-state index is 0.0307. The summed E-state index contributed by atoms with van der Waals surface area (Å²) in [4.78, 5) is 2.15. The van der Waals surface area contributed by atoms with Crippen LogP contribution in [0.25, 0.3) is 0 Å². The van der Waals surface area contributed by atoms with Gasteiger partial charge in [-0.3, -0.25) is 0 Å². The Morgan fingerprint density at radius 2 is 2.11 bits per heavy atom. The van der Waals surface area contributed by atoms with Crippen molar-refractivity contribution >= 4 is 11.4 Å². The second-order valence-electron chi connectivity index (χ2n) is 5.90. The summed E-state index contributed by atoms with van der Waals surface area (Å²) in [6.07, 6.45) is 3.23. The molecule has 1 aromatic carbocycles. The topological polar surface area (TPSA) is 24.5 Å². The highest BCUT2D eigenvalue weighted by molar-refractivity contribution is 5.69.